The fourth-order valence-corrected chi connectivity index (χ4v) is 3.59. The molecule has 0 spiro atoms. The predicted molar refractivity (Wildman–Crippen MR) is 79.6 cm³/mol. The zero-order valence-corrected chi connectivity index (χ0v) is 10.9. The van der Waals surface area contributed by atoms with Gasteiger partial charge in [0.2, 0.25) is 0 Å². The van der Waals surface area contributed by atoms with Crippen LogP contribution in [0.3, 0.4) is 0 Å². The summed E-state index contributed by atoms with van der Waals surface area (Å²) < 4.78 is 1.77. The maximum atomic E-state index is 6.01. The molecule has 0 bridgehead atoms. The normalized spacial score (nSPS) is 11.6. The van der Waals surface area contributed by atoms with E-state index in [9.17, 15) is 0 Å². The van der Waals surface area contributed by atoms with Crippen molar-refractivity contribution in [3.8, 4) is 0 Å². The molecule has 0 aliphatic rings. The molecule has 1 nitrogen and oxygen atoms in total. The molecular weight excluding hydrogens is 262 g/mol. The minimum Gasteiger partial charge on any atom is -0.225 e. The summed E-state index contributed by atoms with van der Waals surface area (Å²) in [7, 11) is 0. The van der Waals surface area contributed by atoms with Crippen molar-refractivity contribution in [2.75, 3.05) is 0 Å². The molecule has 3 heteroatoms. The molecule has 0 saturated heterocycles. The van der Waals surface area contributed by atoms with Gasteiger partial charge >= 0.3 is 0 Å². The van der Waals surface area contributed by atoms with Gasteiger partial charge in [-0.15, -0.1) is 11.3 Å². The Morgan fingerprint density at radius 3 is 2.61 bits per heavy atom. The van der Waals surface area contributed by atoms with E-state index < -0.39 is 0 Å². The van der Waals surface area contributed by atoms with Crippen molar-refractivity contribution in [2.45, 2.75) is 0 Å². The fourth-order valence-electron chi connectivity index (χ4n) is 2.45. The van der Waals surface area contributed by atoms with Crippen LogP contribution in [0.2, 0.25) is 4.47 Å². The van der Waals surface area contributed by atoms with E-state index in [1.807, 2.05) is 6.07 Å². The third-order valence-corrected chi connectivity index (χ3v) is 4.46. The standard InChI is InChI=1S/C15H8ClNS/c16-15-17-13-8-7-11-10-4-2-1-3-9(10)5-6-12(11)14(13)18-15/h1-8H. The van der Waals surface area contributed by atoms with Gasteiger partial charge < -0.3 is 0 Å². The monoisotopic (exact) mass is 269 g/mol. The molecule has 1 heterocycles. The topological polar surface area (TPSA) is 12.9 Å². The van der Waals surface area contributed by atoms with Crippen molar-refractivity contribution < 1.29 is 0 Å². The van der Waals surface area contributed by atoms with Gasteiger partial charge in [0.1, 0.15) is 0 Å². The summed E-state index contributed by atoms with van der Waals surface area (Å²) in [5.41, 5.74) is 0.979. The van der Waals surface area contributed by atoms with Crippen LogP contribution in [0.15, 0.2) is 48.5 Å². The smallest absolute Gasteiger partial charge is 0.184 e. The molecule has 4 aromatic rings. The molecule has 0 atom stereocenters. The van der Waals surface area contributed by atoms with Crippen molar-refractivity contribution in [1.29, 1.82) is 0 Å². The number of halogens is 1. The number of fused-ring (bicyclic) bond motifs is 5. The number of hydrogen-bond acceptors (Lipinski definition) is 2. The molecule has 18 heavy (non-hydrogen) atoms. The molecule has 0 amide bonds. The molecule has 0 unspecified atom stereocenters. The van der Waals surface area contributed by atoms with Crippen LogP contribution in [-0.2, 0) is 0 Å². The van der Waals surface area contributed by atoms with Crippen molar-refractivity contribution in [1.82, 2.24) is 4.98 Å². The first kappa shape index (κ1) is 10.3. The van der Waals surface area contributed by atoms with E-state index in [1.54, 1.807) is 11.3 Å². The number of benzene rings is 3. The van der Waals surface area contributed by atoms with Gasteiger partial charge in [0.25, 0.3) is 0 Å². The van der Waals surface area contributed by atoms with E-state index in [1.165, 1.54) is 26.2 Å². The summed E-state index contributed by atoms with van der Waals surface area (Å²) in [6.45, 7) is 0. The Labute approximate surface area is 113 Å². The number of aromatic nitrogens is 1. The molecular formula is C15H8ClNS. The van der Waals surface area contributed by atoms with Gasteiger partial charge in [-0.2, -0.15) is 0 Å². The second kappa shape index (κ2) is 3.67. The van der Waals surface area contributed by atoms with Crippen LogP contribution in [0.4, 0.5) is 0 Å². The van der Waals surface area contributed by atoms with Crippen LogP contribution in [0.25, 0.3) is 31.8 Å². The Morgan fingerprint density at radius 1 is 0.833 bits per heavy atom. The first-order valence-corrected chi connectivity index (χ1v) is 6.89. The van der Waals surface area contributed by atoms with E-state index in [4.69, 9.17) is 11.6 Å². The van der Waals surface area contributed by atoms with Crippen LogP contribution >= 0.6 is 22.9 Å². The molecule has 0 aliphatic heterocycles. The van der Waals surface area contributed by atoms with Gasteiger partial charge in [0, 0.05) is 5.39 Å². The maximum absolute atomic E-state index is 6.01. The molecule has 1 aromatic heterocycles. The lowest BCUT2D eigenvalue weighted by Crippen LogP contribution is -1.77. The summed E-state index contributed by atoms with van der Waals surface area (Å²) in [5.74, 6) is 0. The van der Waals surface area contributed by atoms with E-state index in [0.717, 1.165) is 5.52 Å². The first-order chi connectivity index (χ1) is 8.83. The highest BCUT2D eigenvalue weighted by molar-refractivity contribution is 7.23. The lowest BCUT2D eigenvalue weighted by molar-refractivity contribution is 1.50. The average molecular weight is 270 g/mol. The number of rotatable bonds is 0. The summed E-state index contributed by atoms with van der Waals surface area (Å²) in [6.07, 6.45) is 0. The van der Waals surface area contributed by atoms with E-state index >= 15 is 0 Å². The minimum atomic E-state index is 0.602. The SMILES string of the molecule is Clc1nc2ccc3c4ccccc4ccc3c2s1. The highest BCUT2D eigenvalue weighted by Gasteiger charge is 2.07. The van der Waals surface area contributed by atoms with Gasteiger partial charge in [0.05, 0.1) is 10.2 Å². The molecule has 0 fully saturated rings. The molecule has 86 valence electrons. The first-order valence-electron chi connectivity index (χ1n) is 5.69. The molecule has 4 rings (SSSR count). The van der Waals surface area contributed by atoms with E-state index in [-0.39, 0.29) is 0 Å². The summed E-state index contributed by atoms with van der Waals surface area (Å²) in [4.78, 5) is 4.33. The van der Waals surface area contributed by atoms with Crippen LogP contribution in [0.5, 0.6) is 0 Å². The highest BCUT2D eigenvalue weighted by atomic mass is 35.5. The molecule has 0 saturated carbocycles. The summed E-state index contributed by atoms with van der Waals surface area (Å²) >= 11 is 7.55. The molecule has 0 aliphatic carbocycles. The Hall–Kier alpha value is -1.64. The van der Waals surface area contributed by atoms with Gasteiger partial charge in [-0.3, -0.25) is 0 Å². The highest BCUT2D eigenvalue weighted by Crippen LogP contribution is 2.35. The second-order valence-electron chi connectivity index (χ2n) is 4.26. The average Bonchev–Trinajstić information content (AvgIpc) is 2.79. The van der Waals surface area contributed by atoms with Gasteiger partial charge in [-0.1, -0.05) is 54.1 Å². The maximum Gasteiger partial charge on any atom is 0.184 e. The third-order valence-electron chi connectivity index (χ3n) is 3.25. The lowest BCUT2D eigenvalue weighted by Gasteiger charge is -2.03. The van der Waals surface area contributed by atoms with Gasteiger partial charge in [-0.25, -0.2) is 4.98 Å². The summed E-state index contributed by atoms with van der Waals surface area (Å²) in [5, 5.41) is 5.04. The summed E-state index contributed by atoms with van der Waals surface area (Å²) in [6, 6.07) is 16.9. The zero-order valence-electron chi connectivity index (χ0n) is 9.35. The quantitative estimate of drug-likeness (QED) is 0.397. The minimum absolute atomic E-state index is 0.602. The number of nitrogens with zero attached hydrogens (tertiary/aromatic N) is 1. The van der Waals surface area contributed by atoms with Crippen molar-refractivity contribution in [3.63, 3.8) is 0 Å². The van der Waals surface area contributed by atoms with Crippen LogP contribution < -0.4 is 0 Å². The van der Waals surface area contributed by atoms with E-state index in [0.29, 0.717) is 4.47 Å². The van der Waals surface area contributed by atoms with Gasteiger partial charge in [-0.05, 0) is 22.2 Å². The van der Waals surface area contributed by atoms with Gasteiger partial charge in [0.15, 0.2) is 4.47 Å². The molecule has 0 radical (unpaired) electrons. The van der Waals surface area contributed by atoms with Crippen LogP contribution in [-0.4, -0.2) is 4.98 Å². The van der Waals surface area contributed by atoms with Crippen molar-refractivity contribution in [3.05, 3.63) is 53.0 Å². The van der Waals surface area contributed by atoms with Crippen LogP contribution in [0, 0.1) is 0 Å². The molecule has 0 N–H and O–H groups in total. The second-order valence-corrected chi connectivity index (χ2v) is 5.84. The number of hydrogen-bond donors (Lipinski definition) is 0. The Balaban J connectivity index is 2.30. The number of thiazole rings is 1. The molecule has 3 aromatic carbocycles. The van der Waals surface area contributed by atoms with Crippen LogP contribution in [0.1, 0.15) is 0 Å². The Kier molecular flexibility index (Phi) is 2.10. The van der Waals surface area contributed by atoms with E-state index in [2.05, 4.69) is 47.4 Å². The Morgan fingerprint density at radius 2 is 1.67 bits per heavy atom. The fraction of sp³-hybridized carbons (Fsp3) is 0. The zero-order chi connectivity index (χ0) is 12.1. The Bertz CT molecular complexity index is 895. The van der Waals surface area contributed by atoms with Crippen molar-refractivity contribution in [2.24, 2.45) is 0 Å². The third kappa shape index (κ3) is 1.36. The largest absolute Gasteiger partial charge is 0.225 e. The van der Waals surface area contributed by atoms with Crippen molar-refractivity contribution >= 4 is 54.7 Å². The predicted octanol–water partition coefficient (Wildman–Crippen LogP) is 5.26. The lowest BCUT2D eigenvalue weighted by atomic mass is 10.0.